The minimum absolute atomic E-state index is 0.0170. The predicted octanol–water partition coefficient (Wildman–Crippen LogP) is 4.49. The van der Waals surface area contributed by atoms with Crippen LogP contribution in [0.5, 0.6) is 11.5 Å². The molecule has 0 radical (unpaired) electrons. The van der Waals surface area contributed by atoms with Crippen LogP contribution >= 0.6 is 23.2 Å². The minimum Gasteiger partial charge on any atom is -0.448 e. The fourth-order valence-electron chi connectivity index (χ4n) is 1.82. The molecule has 1 N–H and O–H groups in total. The summed E-state index contributed by atoms with van der Waals surface area (Å²) in [5.74, 6) is -5.44. The second kappa shape index (κ2) is 6.75. The number of halogens is 4. The first-order chi connectivity index (χ1) is 11.2. The number of H-pyrrole nitrogens is 1. The van der Waals surface area contributed by atoms with Crippen molar-refractivity contribution >= 4 is 23.2 Å². The van der Waals surface area contributed by atoms with E-state index in [1.807, 2.05) is 0 Å². The van der Waals surface area contributed by atoms with Crippen LogP contribution in [0.15, 0.2) is 23.3 Å². The monoisotopic (exact) mass is 373 g/mol. The highest BCUT2D eigenvalue weighted by Crippen LogP contribution is 2.41. The lowest BCUT2D eigenvalue weighted by Crippen LogP contribution is -2.26. The van der Waals surface area contributed by atoms with E-state index < -0.39 is 28.8 Å². The lowest BCUT2D eigenvalue weighted by molar-refractivity contribution is -0.0572. The van der Waals surface area contributed by atoms with Crippen molar-refractivity contribution in [2.24, 2.45) is 5.92 Å². The Balaban J connectivity index is 2.63. The van der Waals surface area contributed by atoms with Crippen LogP contribution in [0.1, 0.15) is 25.1 Å². The molecule has 0 saturated carbocycles. The number of nitrogens with zero attached hydrogens (tertiary/aromatic N) is 2. The Morgan fingerprint density at radius 2 is 2.04 bits per heavy atom. The van der Waals surface area contributed by atoms with Gasteiger partial charge in [0.2, 0.25) is 5.75 Å². The van der Waals surface area contributed by atoms with E-state index in [0.29, 0.717) is 0 Å². The zero-order chi connectivity index (χ0) is 18.1. The molecule has 0 aliphatic heterocycles. The molecule has 1 aromatic heterocycles. The Hall–Kier alpha value is -2.17. The van der Waals surface area contributed by atoms with E-state index in [1.54, 1.807) is 6.07 Å². The summed E-state index contributed by atoms with van der Waals surface area (Å²) in [6.45, 7) is 2.57. The van der Waals surface area contributed by atoms with Crippen molar-refractivity contribution in [3.05, 3.63) is 50.1 Å². The standard InChI is InChI=1S/C15H11Cl2F2N3O2/c1-7(2)15(18,19)13-12(14(23)22-6-21-13)24-10-4-9(16)3-8(5-20)11(10)17/h3-4,6-7H,1-2H3,(H,21,22,23). The average molecular weight is 374 g/mol. The third kappa shape index (κ3) is 3.35. The highest BCUT2D eigenvalue weighted by molar-refractivity contribution is 6.35. The number of nitriles is 1. The Morgan fingerprint density at radius 1 is 1.38 bits per heavy atom. The molecular weight excluding hydrogens is 363 g/mol. The molecular formula is C15H11Cl2F2N3O2. The fraction of sp³-hybridized carbons (Fsp3) is 0.267. The lowest BCUT2D eigenvalue weighted by atomic mass is 10.0. The van der Waals surface area contributed by atoms with Crippen molar-refractivity contribution in [3.8, 4) is 17.6 Å². The van der Waals surface area contributed by atoms with E-state index >= 15 is 0 Å². The smallest absolute Gasteiger partial charge is 0.295 e. The van der Waals surface area contributed by atoms with Gasteiger partial charge in [-0.05, 0) is 6.07 Å². The molecule has 0 aliphatic carbocycles. The summed E-state index contributed by atoms with van der Waals surface area (Å²) < 4.78 is 34.0. The quantitative estimate of drug-likeness (QED) is 0.856. The van der Waals surface area contributed by atoms with Gasteiger partial charge in [0, 0.05) is 17.0 Å². The van der Waals surface area contributed by atoms with Crippen LogP contribution in [0.4, 0.5) is 8.78 Å². The zero-order valence-corrected chi connectivity index (χ0v) is 14.0. The summed E-state index contributed by atoms with van der Waals surface area (Å²) in [5, 5.41) is 8.95. The molecule has 24 heavy (non-hydrogen) atoms. The third-order valence-corrected chi connectivity index (χ3v) is 3.80. The summed E-state index contributed by atoms with van der Waals surface area (Å²) in [6.07, 6.45) is 0.862. The molecule has 0 unspecified atom stereocenters. The van der Waals surface area contributed by atoms with E-state index in [0.717, 1.165) is 6.33 Å². The molecule has 9 heteroatoms. The van der Waals surface area contributed by atoms with Crippen molar-refractivity contribution < 1.29 is 13.5 Å². The average Bonchev–Trinajstić information content (AvgIpc) is 2.51. The number of hydrogen-bond acceptors (Lipinski definition) is 4. The lowest BCUT2D eigenvalue weighted by Gasteiger charge is -2.21. The van der Waals surface area contributed by atoms with E-state index in [1.165, 1.54) is 26.0 Å². The van der Waals surface area contributed by atoms with Crippen molar-refractivity contribution in [3.63, 3.8) is 0 Å². The van der Waals surface area contributed by atoms with Gasteiger partial charge in [0.15, 0.2) is 5.69 Å². The van der Waals surface area contributed by atoms with E-state index in [-0.39, 0.29) is 21.4 Å². The van der Waals surface area contributed by atoms with Gasteiger partial charge in [-0.3, -0.25) is 4.79 Å². The van der Waals surface area contributed by atoms with Gasteiger partial charge in [0.05, 0.1) is 11.9 Å². The van der Waals surface area contributed by atoms with Crippen molar-refractivity contribution in [1.82, 2.24) is 9.97 Å². The van der Waals surface area contributed by atoms with Gasteiger partial charge in [-0.15, -0.1) is 0 Å². The minimum atomic E-state index is -3.41. The van der Waals surface area contributed by atoms with Gasteiger partial charge < -0.3 is 9.72 Å². The predicted molar refractivity (Wildman–Crippen MR) is 84.8 cm³/mol. The Labute approximate surface area is 145 Å². The van der Waals surface area contributed by atoms with Crippen LogP contribution in [-0.4, -0.2) is 9.97 Å². The van der Waals surface area contributed by atoms with Crippen molar-refractivity contribution in [1.29, 1.82) is 5.26 Å². The van der Waals surface area contributed by atoms with Gasteiger partial charge >= 0.3 is 0 Å². The Kier molecular flexibility index (Phi) is 5.11. The largest absolute Gasteiger partial charge is 0.448 e. The molecule has 0 bridgehead atoms. The number of aromatic nitrogens is 2. The number of hydrogen-bond donors (Lipinski definition) is 1. The summed E-state index contributed by atoms with van der Waals surface area (Å²) in [7, 11) is 0. The number of alkyl halides is 2. The van der Waals surface area contributed by atoms with Gasteiger partial charge in [-0.1, -0.05) is 37.0 Å². The van der Waals surface area contributed by atoms with Gasteiger partial charge in [-0.25, -0.2) is 4.98 Å². The molecule has 0 amide bonds. The molecule has 0 aliphatic rings. The molecule has 2 rings (SSSR count). The summed E-state index contributed by atoms with van der Waals surface area (Å²) in [5.41, 5.74) is -1.75. The third-order valence-electron chi connectivity index (χ3n) is 3.19. The molecule has 1 heterocycles. The maximum absolute atomic E-state index is 14.3. The SMILES string of the molecule is CC(C)C(F)(F)c1nc[nH]c(=O)c1Oc1cc(Cl)cc(C#N)c1Cl. The van der Waals surface area contributed by atoms with Crippen LogP contribution in [0.25, 0.3) is 0 Å². The van der Waals surface area contributed by atoms with E-state index in [9.17, 15) is 13.6 Å². The van der Waals surface area contributed by atoms with Gasteiger partial charge in [0.25, 0.3) is 11.5 Å². The second-order valence-electron chi connectivity index (χ2n) is 5.17. The highest BCUT2D eigenvalue weighted by atomic mass is 35.5. The van der Waals surface area contributed by atoms with Crippen LogP contribution < -0.4 is 10.3 Å². The molecule has 0 atom stereocenters. The number of rotatable bonds is 4. The Morgan fingerprint density at radius 3 is 2.62 bits per heavy atom. The van der Waals surface area contributed by atoms with Crippen LogP contribution in [0, 0.1) is 17.2 Å². The molecule has 1 aromatic carbocycles. The number of aromatic amines is 1. The van der Waals surface area contributed by atoms with Gasteiger partial charge in [-0.2, -0.15) is 14.0 Å². The molecule has 0 fully saturated rings. The Bertz CT molecular complexity index is 876. The van der Waals surface area contributed by atoms with Crippen LogP contribution in [-0.2, 0) is 5.92 Å². The molecule has 126 valence electrons. The molecule has 0 saturated heterocycles. The van der Waals surface area contributed by atoms with E-state index in [2.05, 4.69) is 9.97 Å². The first-order valence-corrected chi connectivity index (χ1v) is 7.47. The second-order valence-corrected chi connectivity index (χ2v) is 5.98. The van der Waals surface area contributed by atoms with Crippen molar-refractivity contribution in [2.45, 2.75) is 19.8 Å². The van der Waals surface area contributed by atoms with Gasteiger partial charge in [0.1, 0.15) is 16.8 Å². The molecule has 2 aromatic rings. The fourth-order valence-corrected chi connectivity index (χ4v) is 2.22. The summed E-state index contributed by atoms with van der Waals surface area (Å²) in [4.78, 5) is 17.7. The highest BCUT2D eigenvalue weighted by Gasteiger charge is 2.41. The maximum atomic E-state index is 14.3. The number of nitrogens with one attached hydrogen (secondary N) is 1. The first-order valence-electron chi connectivity index (χ1n) is 6.71. The summed E-state index contributed by atoms with van der Waals surface area (Å²) >= 11 is 11.8. The van der Waals surface area contributed by atoms with Crippen LogP contribution in [0.2, 0.25) is 10.0 Å². The van der Waals surface area contributed by atoms with Crippen molar-refractivity contribution in [2.75, 3.05) is 0 Å². The molecule has 5 nitrogen and oxygen atoms in total. The molecule has 0 spiro atoms. The number of ether oxygens (including phenoxy) is 1. The first kappa shape index (κ1) is 18.2. The van der Waals surface area contributed by atoms with E-state index in [4.69, 9.17) is 33.2 Å². The topological polar surface area (TPSA) is 78.8 Å². The van der Waals surface area contributed by atoms with Crippen LogP contribution in [0.3, 0.4) is 0 Å². The zero-order valence-electron chi connectivity index (χ0n) is 12.5. The summed E-state index contributed by atoms with van der Waals surface area (Å²) in [6, 6.07) is 4.30. The maximum Gasteiger partial charge on any atom is 0.295 e. The number of benzene rings is 1. The normalized spacial score (nSPS) is 11.4.